The minimum Gasteiger partial charge on any atom is -0.375 e. The Kier molecular flexibility index (Phi) is 17.5. The van der Waals surface area contributed by atoms with Crippen molar-refractivity contribution in [3.05, 3.63) is 35.9 Å². The summed E-state index contributed by atoms with van der Waals surface area (Å²) in [5.74, 6) is 0. The SMILES string of the molecule is CCCCCCCCCCCCCCCC(COCc1ccccc1)NCC. The maximum atomic E-state index is 5.94. The van der Waals surface area contributed by atoms with Crippen LogP contribution in [-0.4, -0.2) is 19.2 Å². The molecule has 2 nitrogen and oxygen atoms in total. The average Bonchev–Trinajstić information content (AvgIpc) is 2.72. The van der Waals surface area contributed by atoms with E-state index >= 15 is 0 Å². The molecule has 28 heavy (non-hydrogen) atoms. The number of nitrogens with one attached hydrogen (secondary N) is 1. The lowest BCUT2D eigenvalue weighted by molar-refractivity contribution is 0.0959. The van der Waals surface area contributed by atoms with Crippen molar-refractivity contribution in [2.75, 3.05) is 13.2 Å². The van der Waals surface area contributed by atoms with Crippen molar-refractivity contribution in [3.63, 3.8) is 0 Å². The second kappa shape index (κ2) is 19.5. The van der Waals surface area contributed by atoms with E-state index in [0.29, 0.717) is 6.04 Å². The van der Waals surface area contributed by atoms with Crippen LogP contribution in [0.4, 0.5) is 0 Å². The van der Waals surface area contributed by atoms with Gasteiger partial charge in [0.1, 0.15) is 0 Å². The summed E-state index contributed by atoms with van der Waals surface area (Å²) < 4.78 is 5.94. The first-order valence-electron chi connectivity index (χ1n) is 12.2. The molecule has 0 aliphatic heterocycles. The molecule has 0 bridgehead atoms. The Morgan fingerprint density at radius 1 is 0.714 bits per heavy atom. The van der Waals surface area contributed by atoms with Crippen LogP contribution >= 0.6 is 0 Å². The second-order valence-electron chi connectivity index (χ2n) is 8.29. The molecular formula is C26H47NO. The minimum absolute atomic E-state index is 0.501. The molecule has 0 radical (unpaired) electrons. The summed E-state index contributed by atoms with van der Waals surface area (Å²) in [5.41, 5.74) is 1.26. The fraction of sp³-hybridized carbons (Fsp3) is 0.769. The molecule has 1 aromatic carbocycles. The fourth-order valence-electron chi connectivity index (χ4n) is 3.83. The van der Waals surface area contributed by atoms with Gasteiger partial charge in [-0.15, -0.1) is 0 Å². The summed E-state index contributed by atoms with van der Waals surface area (Å²) in [6.07, 6.45) is 19.7. The van der Waals surface area contributed by atoms with Gasteiger partial charge in [-0.05, 0) is 18.5 Å². The van der Waals surface area contributed by atoms with E-state index in [-0.39, 0.29) is 0 Å². The maximum Gasteiger partial charge on any atom is 0.0717 e. The topological polar surface area (TPSA) is 21.3 Å². The highest BCUT2D eigenvalue weighted by Gasteiger charge is 2.07. The first-order chi connectivity index (χ1) is 13.9. The molecule has 162 valence electrons. The molecule has 0 heterocycles. The van der Waals surface area contributed by atoms with Crippen LogP contribution in [0.3, 0.4) is 0 Å². The number of benzene rings is 1. The Bertz CT molecular complexity index is 420. The molecule has 0 aliphatic rings. The highest BCUT2D eigenvalue weighted by Crippen LogP contribution is 2.13. The quantitative estimate of drug-likeness (QED) is 0.231. The van der Waals surface area contributed by atoms with Gasteiger partial charge in [-0.25, -0.2) is 0 Å². The van der Waals surface area contributed by atoms with E-state index in [1.807, 2.05) is 0 Å². The van der Waals surface area contributed by atoms with Gasteiger partial charge in [-0.3, -0.25) is 0 Å². The Morgan fingerprint density at radius 3 is 1.79 bits per heavy atom. The lowest BCUT2D eigenvalue weighted by Crippen LogP contribution is -2.33. The summed E-state index contributed by atoms with van der Waals surface area (Å²) in [4.78, 5) is 0. The van der Waals surface area contributed by atoms with Crippen molar-refractivity contribution in [1.29, 1.82) is 0 Å². The van der Waals surface area contributed by atoms with Crippen molar-refractivity contribution in [2.45, 2.75) is 116 Å². The highest BCUT2D eigenvalue weighted by molar-refractivity contribution is 5.13. The molecule has 1 aromatic rings. The van der Waals surface area contributed by atoms with Gasteiger partial charge in [0.15, 0.2) is 0 Å². The van der Waals surface area contributed by atoms with Crippen molar-refractivity contribution in [2.24, 2.45) is 0 Å². The van der Waals surface area contributed by atoms with Crippen molar-refractivity contribution in [3.8, 4) is 0 Å². The highest BCUT2D eigenvalue weighted by atomic mass is 16.5. The second-order valence-corrected chi connectivity index (χ2v) is 8.29. The summed E-state index contributed by atoms with van der Waals surface area (Å²) >= 11 is 0. The maximum absolute atomic E-state index is 5.94. The summed E-state index contributed by atoms with van der Waals surface area (Å²) in [6, 6.07) is 11.0. The van der Waals surface area contributed by atoms with Crippen molar-refractivity contribution >= 4 is 0 Å². The van der Waals surface area contributed by atoms with E-state index in [1.165, 1.54) is 95.5 Å². The van der Waals surface area contributed by atoms with E-state index in [9.17, 15) is 0 Å². The van der Waals surface area contributed by atoms with E-state index in [1.54, 1.807) is 0 Å². The Hall–Kier alpha value is -0.860. The lowest BCUT2D eigenvalue weighted by atomic mass is 10.0. The third kappa shape index (κ3) is 15.1. The molecule has 1 unspecified atom stereocenters. The van der Waals surface area contributed by atoms with Crippen LogP contribution < -0.4 is 5.32 Å². The molecule has 1 rings (SSSR count). The summed E-state index contributed by atoms with van der Waals surface area (Å²) in [7, 11) is 0. The normalized spacial score (nSPS) is 12.4. The van der Waals surface area contributed by atoms with Crippen LogP contribution in [0.5, 0.6) is 0 Å². The van der Waals surface area contributed by atoms with E-state index in [0.717, 1.165) is 19.8 Å². The van der Waals surface area contributed by atoms with Gasteiger partial charge < -0.3 is 10.1 Å². The van der Waals surface area contributed by atoms with Crippen LogP contribution in [-0.2, 0) is 11.3 Å². The molecule has 0 aromatic heterocycles. The molecule has 0 saturated carbocycles. The van der Waals surface area contributed by atoms with Crippen LogP contribution in [0.25, 0.3) is 0 Å². The Balaban J connectivity index is 1.91. The van der Waals surface area contributed by atoms with Gasteiger partial charge in [0.2, 0.25) is 0 Å². The third-order valence-electron chi connectivity index (χ3n) is 5.58. The predicted octanol–water partition coefficient (Wildman–Crippen LogP) is 7.66. The average molecular weight is 390 g/mol. The molecule has 0 saturated heterocycles. The number of likely N-dealkylation sites (N-methyl/N-ethyl adjacent to an activating group) is 1. The van der Waals surface area contributed by atoms with Gasteiger partial charge in [0.25, 0.3) is 0 Å². The molecular weight excluding hydrogens is 342 g/mol. The monoisotopic (exact) mass is 389 g/mol. The zero-order valence-corrected chi connectivity index (χ0v) is 18.9. The first-order valence-corrected chi connectivity index (χ1v) is 12.2. The molecule has 1 N–H and O–H groups in total. The van der Waals surface area contributed by atoms with Gasteiger partial charge >= 0.3 is 0 Å². The number of hydrogen-bond donors (Lipinski definition) is 1. The fourth-order valence-corrected chi connectivity index (χ4v) is 3.83. The van der Waals surface area contributed by atoms with Gasteiger partial charge in [0, 0.05) is 6.04 Å². The smallest absolute Gasteiger partial charge is 0.0717 e. The number of hydrogen-bond acceptors (Lipinski definition) is 2. The van der Waals surface area contributed by atoms with Gasteiger partial charge in [-0.1, -0.05) is 128 Å². The van der Waals surface area contributed by atoms with Crippen LogP contribution in [0.15, 0.2) is 30.3 Å². The summed E-state index contributed by atoms with van der Waals surface area (Å²) in [6.45, 7) is 7.05. The van der Waals surface area contributed by atoms with Gasteiger partial charge in [0.05, 0.1) is 13.2 Å². The zero-order valence-electron chi connectivity index (χ0n) is 18.9. The molecule has 1 atom stereocenters. The van der Waals surface area contributed by atoms with Crippen LogP contribution in [0.2, 0.25) is 0 Å². The Labute approximate surface area is 175 Å². The third-order valence-corrected chi connectivity index (χ3v) is 5.58. The van der Waals surface area contributed by atoms with E-state index in [4.69, 9.17) is 4.74 Å². The van der Waals surface area contributed by atoms with Gasteiger partial charge in [-0.2, -0.15) is 0 Å². The largest absolute Gasteiger partial charge is 0.375 e. The standard InChI is InChI=1S/C26H47NO/c1-3-5-6-7-8-9-10-11-12-13-14-15-19-22-26(27-4-2)24-28-23-25-20-17-16-18-21-25/h16-18,20-21,26-27H,3-15,19,22-24H2,1-2H3. The van der Waals surface area contributed by atoms with Crippen LogP contribution in [0.1, 0.15) is 109 Å². The predicted molar refractivity (Wildman–Crippen MR) is 124 cm³/mol. The lowest BCUT2D eigenvalue weighted by Gasteiger charge is -2.18. The molecule has 0 aliphatic carbocycles. The zero-order chi connectivity index (χ0) is 20.1. The number of rotatable bonds is 20. The number of unbranched alkanes of at least 4 members (excludes halogenated alkanes) is 12. The van der Waals surface area contributed by atoms with Crippen LogP contribution in [0, 0.1) is 0 Å². The van der Waals surface area contributed by atoms with E-state index in [2.05, 4.69) is 49.5 Å². The van der Waals surface area contributed by atoms with Crippen molar-refractivity contribution < 1.29 is 4.74 Å². The van der Waals surface area contributed by atoms with Crippen molar-refractivity contribution in [1.82, 2.24) is 5.32 Å². The molecule has 2 heteroatoms. The summed E-state index contributed by atoms with van der Waals surface area (Å²) in [5, 5.41) is 3.59. The Morgan fingerprint density at radius 2 is 1.25 bits per heavy atom. The number of ether oxygens (including phenoxy) is 1. The first kappa shape index (κ1) is 25.2. The molecule has 0 spiro atoms. The minimum atomic E-state index is 0.501. The van der Waals surface area contributed by atoms with E-state index < -0.39 is 0 Å². The molecule has 0 fully saturated rings. The molecule has 0 amide bonds.